The van der Waals surface area contributed by atoms with Crippen LogP contribution < -0.4 is 4.90 Å². The number of hydrogen-bond donors (Lipinski definition) is 0. The molecule has 31 heavy (non-hydrogen) atoms. The summed E-state index contributed by atoms with van der Waals surface area (Å²) in [6.45, 7) is 4.04. The van der Waals surface area contributed by atoms with Gasteiger partial charge in [0.05, 0.1) is 6.54 Å². The standard InChI is InChI=1S/C23H22FN5O2/c1-14-15(2)29-19-20(25-22(29)28(14)18-7-5-4-6-8-18)26(3)23(31)27(21(19)30)13-16-9-11-17(24)12-10-16/h4-12,19-20H,13H2,1-3H3. The second-order valence-electron chi connectivity index (χ2n) is 7.94. The molecular weight excluding hydrogens is 397 g/mol. The van der Waals surface area contributed by atoms with Crippen LogP contribution in [-0.4, -0.2) is 51.9 Å². The highest BCUT2D eigenvalue weighted by atomic mass is 19.1. The predicted molar refractivity (Wildman–Crippen MR) is 114 cm³/mol. The lowest BCUT2D eigenvalue weighted by molar-refractivity contribution is -0.137. The van der Waals surface area contributed by atoms with Crippen LogP contribution in [0.25, 0.3) is 0 Å². The Morgan fingerprint density at radius 3 is 2.32 bits per heavy atom. The highest BCUT2D eigenvalue weighted by Crippen LogP contribution is 2.40. The molecule has 1 fully saturated rings. The van der Waals surface area contributed by atoms with E-state index in [-0.39, 0.29) is 18.3 Å². The second kappa shape index (κ2) is 6.94. The van der Waals surface area contributed by atoms with E-state index < -0.39 is 18.2 Å². The zero-order chi connectivity index (χ0) is 21.9. The fourth-order valence-electron chi connectivity index (χ4n) is 4.42. The molecule has 5 rings (SSSR count). The van der Waals surface area contributed by atoms with Crippen molar-refractivity contribution in [2.75, 3.05) is 11.9 Å². The van der Waals surface area contributed by atoms with Crippen LogP contribution in [0, 0.1) is 5.82 Å². The van der Waals surface area contributed by atoms with Gasteiger partial charge in [0.25, 0.3) is 5.91 Å². The molecule has 0 spiro atoms. The van der Waals surface area contributed by atoms with Crippen LogP contribution in [0.5, 0.6) is 0 Å². The smallest absolute Gasteiger partial charge is 0.302 e. The number of carbonyl (C=O) groups is 2. The lowest BCUT2D eigenvalue weighted by Gasteiger charge is -2.40. The van der Waals surface area contributed by atoms with Gasteiger partial charge in [0.1, 0.15) is 5.82 Å². The van der Waals surface area contributed by atoms with E-state index in [0.717, 1.165) is 17.1 Å². The Morgan fingerprint density at radius 1 is 0.968 bits per heavy atom. The van der Waals surface area contributed by atoms with Crippen LogP contribution in [0.1, 0.15) is 19.4 Å². The number of rotatable bonds is 3. The van der Waals surface area contributed by atoms with Gasteiger partial charge < -0.3 is 4.90 Å². The third-order valence-corrected chi connectivity index (χ3v) is 6.16. The van der Waals surface area contributed by atoms with Crippen molar-refractivity contribution in [1.29, 1.82) is 0 Å². The molecular formula is C23H22FN5O2. The number of hydrogen-bond acceptors (Lipinski definition) is 5. The maximum atomic E-state index is 13.5. The number of amides is 3. The molecule has 0 aliphatic carbocycles. The summed E-state index contributed by atoms with van der Waals surface area (Å²) in [6.07, 6.45) is -0.603. The normalized spacial score (nSPS) is 22.9. The Hall–Kier alpha value is -3.68. The van der Waals surface area contributed by atoms with Gasteiger partial charge in [-0.25, -0.2) is 14.2 Å². The van der Waals surface area contributed by atoms with Crippen molar-refractivity contribution < 1.29 is 14.0 Å². The van der Waals surface area contributed by atoms with E-state index >= 15 is 0 Å². The zero-order valence-corrected chi connectivity index (χ0v) is 17.5. The first-order chi connectivity index (χ1) is 14.9. The maximum Gasteiger partial charge on any atom is 0.328 e. The minimum atomic E-state index is -0.637. The fraction of sp³-hybridized carbons (Fsp3) is 0.261. The van der Waals surface area contributed by atoms with Gasteiger partial charge in [0.2, 0.25) is 5.96 Å². The van der Waals surface area contributed by atoms with Crippen molar-refractivity contribution in [3.8, 4) is 0 Å². The number of halogens is 1. The molecule has 0 aromatic heterocycles. The quantitative estimate of drug-likeness (QED) is 0.766. The van der Waals surface area contributed by atoms with E-state index in [1.807, 2.05) is 54.0 Å². The van der Waals surface area contributed by atoms with E-state index in [2.05, 4.69) is 0 Å². The molecule has 0 bridgehead atoms. The summed E-state index contributed by atoms with van der Waals surface area (Å²) in [6, 6.07) is 14.6. The zero-order valence-electron chi connectivity index (χ0n) is 17.5. The number of fused-ring (bicyclic) bond motifs is 3. The number of likely N-dealkylation sites (N-methyl/N-ethyl adjacent to an activating group) is 1. The van der Waals surface area contributed by atoms with Crippen molar-refractivity contribution in [1.82, 2.24) is 14.7 Å². The lowest BCUT2D eigenvalue weighted by atomic mass is 10.1. The van der Waals surface area contributed by atoms with Crippen LogP contribution in [0.15, 0.2) is 71.0 Å². The lowest BCUT2D eigenvalue weighted by Crippen LogP contribution is -2.64. The molecule has 2 unspecified atom stereocenters. The highest BCUT2D eigenvalue weighted by molar-refractivity contribution is 6.10. The van der Waals surface area contributed by atoms with Crippen molar-refractivity contribution in [3.05, 3.63) is 77.4 Å². The Bertz CT molecular complexity index is 1130. The summed E-state index contributed by atoms with van der Waals surface area (Å²) in [5.74, 6) is -0.0218. The Balaban J connectivity index is 1.51. The predicted octanol–water partition coefficient (Wildman–Crippen LogP) is 3.36. The Kier molecular flexibility index (Phi) is 4.32. The van der Waals surface area contributed by atoms with Gasteiger partial charge >= 0.3 is 6.03 Å². The van der Waals surface area contributed by atoms with Crippen LogP contribution >= 0.6 is 0 Å². The largest absolute Gasteiger partial charge is 0.328 e. The van der Waals surface area contributed by atoms with Gasteiger partial charge in [0.15, 0.2) is 12.2 Å². The molecule has 0 radical (unpaired) electrons. The summed E-state index contributed by atoms with van der Waals surface area (Å²) < 4.78 is 13.3. The molecule has 0 saturated carbocycles. The molecule has 3 aliphatic heterocycles. The molecule has 3 amide bonds. The summed E-state index contributed by atoms with van der Waals surface area (Å²) >= 11 is 0. The van der Waals surface area contributed by atoms with E-state index in [0.29, 0.717) is 11.5 Å². The molecule has 158 valence electrons. The number of para-hydroxylation sites is 1. The van der Waals surface area contributed by atoms with Crippen molar-refractivity contribution in [3.63, 3.8) is 0 Å². The minimum absolute atomic E-state index is 0.0822. The van der Waals surface area contributed by atoms with Crippen LogP contribution in [0.2, 0.25) is 0 Å². The first-order valence-electron chi connectivity index (χ1n) is 10.1. The van der Waals surface area contributed by atoms with E-state index in [1.165, 1.54) is 21.9 Å². The number of anilines is 1. The van der Waals surface area contributed by atoms with E-state index in [4.69, 9.17) is 4.99 Å². The van der Waals surface area contributed by atoms with Gasteiger partial charge in [-0.15, -0.1) is 0 Å². The Morgan fingerprint density at radius 2 is 1.65 bits per heavy atom. The number of carbonyl (C=O) groups excluding carboxylic acids is 2. The number of allylic oxidation sites excluding steroid dienone is 2. The topological polar surface area (TPSA) is 59.5 Å². The number of guanidine groups is 1. The molecule has 8 heteroatoms. The van der Waals surface area contributed by atoms with Gasteiger partial charge in [-0.2, -0.15) is 0 Å². The first-order valence-corrected chi connectivity index (χ1v) is 10.1. The van der Waals surface area contributed by atoms with Crippen LogP contribution in [0.4, 0.5) is 14.9 Å². The van der Waals surface area contributed by atoms with Crippen LogP contribution in [0.3, 0.4) is 0 Å². The van der Waals surface area contributed by atoms with Crippen molar-refractivity contribution >= 4 is 23.6 Å². The first kappa shape index (κ1) is 19.3. The second-order valence-corrected chi connectivity index (χ2v) is 7.94. The van der Waals surface area contributed by atoms with Crippen molar-refractivity contribution in [2.24, 2.45) is 4.99 Å². The number of urea groups is 1. The summed E-state index contributed by atoms with van der Waals surface area (Å²) in [5.41, 5.74) is 3.54. The number of aliphatic imine (C=N–C) groups is 1. The maximum absolute atomic E-state index is 13.5. The third-order valence-electron chi connectivity index (χ3n) is 6.16. The molecule has 3 heterocycles. The van der Waals surface area contributed by atoms with Gasteiger partial charge in [0, 0.05) is 24.1 Å². The summed E-state index contributed by atoms with van der Waals surface area (Å²) in [5, 5.41) is 0. The average Bonchev–Trinajstić information content (AvgIpc) is 3.27. The molecule has 2 aromatic carbocycles. The van der Waals surface area contributed by atoms with Gasteiger partial charge in [-0.05, 0) is 43.7 Å². The van der Waals surface area contributed by atoms with Crippen LogP contribution in [-0.2, 0) is 11.3 Å². The molecule has 7 nitrogen and oxygen atoms in total. The number of benzene rings is 2. The number of imide groups is 1. The van der Waals surface area contributed by atoms with Crippen molar-refractivity contribution in [2.45, 2.75) is 32.6 Å². The molecule has 2 aromatic rings. The van der Waals surface area contributed by atoms with Gasteiger partial charge in [-0.3, -0.25) is 19.5 Å². The van der Waals surface area contributed by atoms with Gasteiger partial charge in [-0.1, -0.05) is 30.3 Å². The molecule has 2 atom stereocenters. The third kappa shape index (κ3) is 2.82. The molecule has 1 saturated heterocycles. The molecule has 3 aliphatic rings. The summed E-state index contributed by atoms with van der Waals surface area (Å²) in [4.78, 5) is 38.0. The monoisotopic (exact) mass is 419 g/mol. The highest BCUT2D eigenvalue weighted by Gasteiger charge is 2.55. The summed E-state index contributed by atoms with van der Waals surface area (Å²) in [7, 11) is 1.66. The SMILES string of the molecule is CC1=C(C)N2C(=NC3C2C(=O)N(Cc2ccc(F)cc2)C(=O)N3C)N1c1ccccc1. The Labute approximate surface area is 179 Å². The molecule has 0 N–H and O–H groups in total. The minimum Gasteiger partial charge on any atom is -0.302 e. The average molecular weight is 419 g/mol. The fourth-order valence-corrected chi connectivity index (χ4v) is 4.42. The van der Waals surface area contributed by atoms with E-state index in [9.17, 15) is 14.0 Å². The number of nitrogens with zero attached hydrogens (tertiary/aromatic N) is 5. The van der Waals surface area contributed by atoms with E-state index in [1.54, 1.807) is 19.2 Å².